The van der Waals surface area contributed by atoms with Gasteiger partial charge in [0.05, 0.1) is 13.2 Å². The molecule has 2 aromatic rings. The topological polar surface area (TPSA) is 41.6 Å². The number of nitrogens with zero attached hydrogens (tertiary/aromatic N) is 1. The fourth-order valence-corrected chi connectivity index (χ4v) is 5.57. The van der Waals surface area contributed by atoms with Crippen LogP contribution >= 0.6 is 0 Å². The van der Waals surface area contributed by atoms with Gasteiger partial charge in [-0.1, -0.05) is 72.8 Å². The maximum Gasteiger partial charge on any atom is 0.227 e. The van der Waals surface area contributed by atoms with Gasteiger partial charge in [-0.25, -0.2) is 0 Å². The van der Waals surface area contributed by atoms with Gasteiger partial charge in [-0.3, -0.25) is 4.79 Å². The number of fused-ring (bicyclic) bond motifs is 3. The molecule has 4 nitrogen and oxygen atoms in total. The number of anilines is 1. The van der Waals surface area contributed by atoms with E-state index in [1.54, 1.807) is 7.11 Å². The second kappa shape index (κ2) is 11.2. The number of benzene rings is 2. The molecule has 2 radical (unpaired) electrons. The number of nitrogens with one attached hydrogen (secondary N) is 1. The summed E-state index contributed by atoms with van der Waals surface area (Å²) in [5, 5.41) is 3.60. The number of allylic oxidation sites excluding steroid dienone is 5. The second-order valence-corrected chi connectivity index (χ2v) is 9.07. The molecule has 1 amide bonds. The van der Waals surface area contributed by atoms with Crippen molar-refractivity contribution >= 4 is 11.6 Å². The molecule has 2 aromatic carbocycles. The summed E-state index contributed by atoms with van der Waals surface area (Å²) in [6, 6.07) is 18.9. The molecule has 6 rings (SSSR count). The predicted molar refractivity (Wildman–Crippen MR) is 137 cm³/mol. The van der Waals surface area contributed by atoms with Gasteiger partial charge in [-0.2, -0.15) is 0 Å². The molecule has 2 heterocycles. The van der Waals surface area contributed by atoms with Gasteiger partial charge >= 0.3 is 0 Å². The molecule has 0 saturated carbocycles. The molecule has 0 aromatic heterocycles. The van der Waals surface area contributed by atoms with Crippen molar-refractivity contribution in [3.63, 3.8) is 0 Å². The predicted octanol–water partition coefficient (Wildman–Crippen LogP) is 5.40. The molecule has 0 spiro atoms. The van der Waals surface area contributed by atoms with E-state index in [9.17, 15) is 4.79 Å². The van der Waals surface area contributed by atoms with Crippen molar-refractivity contribution in [2.24, 2.45) is 0 Å². The van der Waals surface area contributed by atoms with Gasteiger partial charge in [0.15, 0.2) is 0 Å². The molecule has 4 aliphatic rings. The fraction of sp³-hybridized carbons (Fsp3) is 0.267. The van der Waals surface area contributed by atoms with Crippen LogP contribution in [0.1, 0.15) is 30.4 Å². The van der Waals surface area contributed by atoms with Crippen molar-refractivity contribution in [1.29, 1.82) is 0 Å². The smallest absolute Gasteiger partial charge is 0.227 e. The molecule has 35 heavy (non-hydrogen) atoms. The number of piperidine rings is 1. The zero-order valence-corrected chi connectivity index (χ0v) is 21.0. The summed E-state index contributed by atoms with van der Waals surface area (Å²) in [6.45, 7) is 1.71. The van der Waals surface area contributed by atoms with Crippen LogP contribution in [0.15, 0.2) is 102 Å². The van der Waals surface area contributed by atoms with Gasteiger partial charge in [0.25, 0.3) is 0 Å². The van der Waals surface area contributed by atoms with E-state index in [4.69, 9.17) is 4.74 Å². The molecular weight excluding hydrogens is 479 g/mol. The van der Waals surface area contributed by atoms with Gasteiger partial charge in [0.2, 0.25) is 5.91 Å². The van der Waals surface area contributed by atoms with Crippen LogP contribution < -0.4 is 10.2 Å². The number of hydrogen-bond donors (Lipinski definition) is 1. The van der Waals surface area contributed by atoms with Crippen LogP contribution in [0.25, 0.3) is 0 Å². The first-order chi connectivity index (χ1) is 16.7. The molecule has 2 atom stereocenters. The Kier molecular flexibility index (Phi) is 8.11. The van der Waals surface area contributed by atoms with Crippen LogP contribution in [0.5, 0.6) is 0 Å². The van der Waals surface area contributed by atoms with E-state index in [-0.39, 0.29) is 34.1 Å². The fourth-order valence-electron chi connectivity index (χ4n) is 5.57. The van der Waals surface area contributed by atoms with E-state index in [1.165, 1.54) is 16.7 Å². The van der Waals surface area contributed by atoms with Crippen molar-refractivity contribution in [2.45, 2.75) is 37.3 Å². The number of amides is 1. The Morgan fingerprint density at radius 1 is 1.00 bits per heavy atom. The van der Waals surface area contributed by atoms with Crippen molar-refractivity contribution in [3.05, 3.63) is 120 Å². The van der Waals surface area contributed by atoms with E-state index in [0.29, 0.717) is 6.42 Å². The zero-order valence-electron chi connectivity index (χ0n) is 19.9. The Morgan fingerprint density at radius 3 is 2.46 bits per heavy atom. The molecule has 2 aliphatic carbocycles. The summed E-state index contributed by atoms with van der Waals surface area (Å²) in [5.74, 6) is 1.14. The van der Waals surface area contributed by atoms with Crippen molar-refractivity contribution in [1.82, 2.24) is 5.32 Å². The first kappa shape index (κ1) is 25.2. The molecule has 1 saturated heterocycles. The Labute approximate surface area is 218 Å². The van der Waals surface area contributed by atoms with Crippen LogP contribution in [-0.2, 0) is 38.3 Å². The molecule has 182 valence electrons. The molecule has 2 unspecified atom stereocenters. The van der Waals surface area contributed by atoms with Gasteiger partial charge < -0.3 is 15.0 Å². The average Bonchev–Trinajstić information content (AvgIpc) is 3.55. The third-order valence-electron chi connectivity index (χ3n) is 7.06. The number of carbonyl (C=O) groups excluding carboxylic acids is 1. The minimum absolute atomic E-state index is 0. The summed E-state index contributed by atoms with van der Waals surface area (Å²) in [4.78, 5) is 15.0. The van der Waals surface area contributed by atoms with E-state index in [2.05, 4.69) is 59.9 Å². The third kappa shape index (κ3) is 4.94. The monoisotopic (exact) mass is 510 g/mol. The second-order valence-electron chi connectivity index (χ2n) is 9.07. The van der Waals surface area contributed by atoms with Gasteiger partial charge in [0, 0.05) is 47.3 Å². The largest absolute Gasteiger partial charge is 0.497 e. The third-order valence-corrected chi connectivity index (χ3v) is 7.06. The zero-order chi connectivity index (χ0) is 23.4. The standard InChI is InChI=1S/C25H26N2O2.C5H5.Co/c1-29-20-15-19-11-12-23(28)27-22-10-6-5-9-21(22)25(16-20,24(19)27)13-14-26-17-18-7-3-2-4-8-18;1-2-4-5-3-1;/h2-10,15-16,24,26H,11-14,17H2,1H3;1-5H;. The van der Waals surface area contributed by atoms with Crippen LogP contribution in [0.4, 0.5) is 5.69 Å². The van der Waals surface area contributed by atoms with E-state index < -0.39 is 0 Å². The maximum atomic E-state index is 12.9. The van der Waals surface area contributed by atoms with Crippen molar-refractivity contribution in [3.8, 4) is 0 Å². The van der Waals surface area contributed by atoms with E-state index >= 15 is 0 Å². The number of ether oxygens (including phenoxy) is 1. The quantitative estimate of drug-likeness (QED) is 0.530. The van der Waals surface area contributed by atoms with Crippen molar-refractivity contribution in [2.75, 3.05) is 18.6 Å². The first-order valence-corrected chi connectivity index (χ1v) is 12.0. The number of hydrogen-bond acceptors (Lipinski definition) is 3. The molecule has 1 N–H and O–H groups in total. The SMILES string of the molecule is COC1=CC2(CCNCc3ccccc3)c3ccccc3N3C(=O)CCC(=C1)C32.[CH]1C=CC=C1.[Co]. The molecule has 1 fully saturated rings. The Morgan fingerprint density at radius 2 is 1.74 bits per heavy atom. The minimum Gasteiger partial charge on any atom is -0.497 e. The van der Waals surface area contributed by atoms with Crippen LogP contribution in [-0.4, -0.2) is 25.6 Å². The van der Waals surface area contributed by atoms with Crippen LogP contribution in [0.2, 0.25) is 0 Å². The number of methoxy groups -OCH3 is 1. The summed E-state index contributed by atoms with van der Waals surface area (Å²) >= 11 is 0. The normalized spacial score (nSPS) is 22.8. The van der Waals surface area contributed by atoms with E-state index in [0.717, 1.165) is 37.4 Å². The Balaban J connectivity index is 0.000000431. The summed E-state index contributed by atoms with van der Waals surface area (Å²) in [5.41, 5.74) is 4.64. The van der Waals surface area contributed by atoms with Crippen LogP contribution in [0.3, 0.4) is 0 Å². The summed E-state index contributed by atoms with van der Waals surface area (Å²) in [7, 11) is 1.73. The molecule has 5 heteroatoms. The minimum atomic E-state index is -0.244. The summed E-state index contributed by atoms with van der Waals surface area (Å²) in [6.07, 6.45) is 16.7. The Hall–Kier alpha value is -2.86. The number of rotatable bonds is 6. The van der Waals surface area contributed by atoms with Crippen LogP contribution in [0, 0.1) is 6.42 Å². The molecular formula is C30H31CoN2O2. The first-order valence-electron chi connectivity index (χ1n) is 12.0. The Bertz CT molecular complexity index is 1160. The number of para-hydroxylation sites is 1. The number of carbonyl (C=O) groups is 1. The summed E-state index contributed by atoms with van der Waals surface area (Å²) < 4.78 is 5.69. The van der Waals surface area contributed by atoms with E-state index in [1.807, 2.05) is 47.8 Å². The molecule has 2 aliphatic heterocycles. The van der Waals surface area contributed by atoms with Crippen molar-refractivity contribution < 1.29 is 26.3 Å². The van der Waals surface area contributed by atoms with Gasteiger partial charge in [-0.05, 0) is 54.3 Å². The van der Waals surface area contributed by atoms with Gasteiger partial charge in [0.1, 0.15) is 5.76 Å². The maximum absolute atomic E-state index is 12.9. The van der Waals surface area contributed by atoms with Gasteiger partial charge in [-0.15, -0.1) is 0 Å². The molecule has 0 bridgehead atoms. The average molecular weight is 511 g/mol.